The molecule has 0 bridgehead atoms. The number of hydrogen-bond acceptors (Lipinski definition) is 7. The second-order valence-corrected chi connectivity index (χ2v) is 5.13. The van der Waals surface area contributed by atoms with Crippen molar-refractivity contribution in [3.8, 4) is 0 Å². The van der Waals surface area contributed by atoms with Gasteiger partial charge in [-0.25, -0.2) is 9.67 Å². The van der Waals surface area contributed by atoms with Crippen molar-refractivity contribution in [2.75, 3.05) is 7.11 Å². The van der Waals surface area contributed by atoms with E-state index >= 15 is 0 Å². The Balaban J connectivity index is 1.70. The zero-order chi connectivity index (χ0) is 14.7. The molecule has 0 amide bonds. The van der Waals surface area contributed by atoms with Crippen LogP contribution in [0.3, 0.4) is 0 Å². The van der Waals surface area contributed by atoms with Gasteiger partial charge in [-0.1, -0.05) is 23.9 Å². The van der Waals surface area contributed by atoms with Gasteiger partial charge in [0.05, 0.1) is 23.9 Å². The number of imidazole rings is 1. The second kappa shape index (κ2) is 5.92. The van der Waals surface area contributed by atoms with Gasteiger partial charge in [0.15, 0.2) is 0 Å². The van der Waals surface area contributed by atoms with Gasteiger partial charge in [0.25, 0.3) is 0 Å². The number of nitrogens with zero attached hydrogens (tertiary/aromatic N) is 5. The summed E-state index contributed by atoms with van der Waals surface area (Å²) in [5.74, 6) is 1.01. The highest BCUT2D eigenvalue weighted by Crippen LogP contribution is 2.20. The van der Waals surface area contributed by atoms with Crippen LogP contribution in [0, 0.1) is 0 Å². The molecule has 21 heavy (non-hydrogen) atoms. The van der Waals surface area contributed by atoms with Crippen LogP contribution in [0.1, 0.15) is 5.82 Å². The monoisotopic (exact) mass is 304 g/mol. The average molecular weight is 304 g/mol. The van der Waals surface area contributed by atoms with Crippen LogP contribution in [-0.4, -0.2) is 43.3 Å². The van der Waals surface area contributed by atoms with Crippen LogP contribution in [0.2, 0.25) is 0 Å². The Morgan fingerprint density at radius 3 is 3.10 bits per heavy atom. The molecular weight excluding hydrogens is 292 g/mol. The minimum absolute atomic E-state index is 0.00797. The molecule has 2 heterocycles. The van der Waals surface area contributed by atoms with Crippen molar-refractivity contribution < 1.29 is 9.53 Å². The van der Waals surface area contributed by atoms with Crippen LogP contribution in [0.15, 0.2) is 29.4 Å². The number of hydrogen-bond donors (Lipinski definition) is 1. The maximum atomic E-state index is 11.3. The molecule has 2 aromatic heterocycles. The van der Waals surface area contributed by atoms with Gasteiger partial charge >= 0.3 is 5.97 Å². The minimum atomic E-state index is -0.395. The van der Waals surface area contributed by atoms with Crippen LogP contribution in [0.25, 0.3) is 11.0 Å². The molecule has 0 saturated carbocycles. The summed E-state index contributed by atoms with van der Waals surface area (Å²) in [5, 5.41) is 11.8. The van der Waals surface area contributed by atoms with Gasteiger partial charge in [-0.3, -0.25) is 4.79 Å². The number of H-pyrrole nitrogens is 1. The van der Waals surface area contributed by atoms with Crippen molar-refractivity contribution in [2.24, 2.45) is 0 Å². The summed E-state index contributed by atoms with van der Waals surface area (Å²) in [6.45, 7) is -0.00797. The maximum absolute atomic E-state index is 11.3. The molecule has 0 fully saturated rings. The number of carbonyl (C=O) groups excluding carboxylic acids is 1. The number of nitrogens with one attached hydrogen (secondary N) is 1. The van der Waals surface area contributed by atoms with E-state index in [1.807, 2.05) is 24.3 Å². The molecule has 0 aliphatic carbocycles. The number of fused-ring (bicyclic) bond motifs is 1. The molecule has 0 saturated heterocycles. The third-order valence-electron chi connectivity index (χ3n) is 2.78. The molecule has 3 rings (SSSR count). The first kappa shape index (κ1) is 13.6. The summed E-state index contributed by atoms with van der Waals surface area (Å²) in [5.41, 5.74) is 1.91. The summed E-state index contributed by atoms with van der Waals surface area (Å²) < 4.78 is 6.00. The molecule has 0 atom stereocenters. The lowest BCUT2D eigenvalue weighted by atomic mass is 10.3. The molecule has 1 N–H and O–H groups in total. The van der Waals surface area contributed by atoms with Gasteiger partial charge in [-0.2, -0.15) is 0 Å². The van der Waals surface area contributed by atoms with Crippen molar-refractivity contribution in [3.05, 3.63) is 30.1 Å². The second-order valence-electron chi connectivity index (χ2n) is 4.18. The smallest absolute Gasteiger partial charge is 0.327 e. The first-order valence-corrected chi connectivity index (χ1v) is 7.14. The number of carbonyl (C=O) groups is 1. The van der Waals surface area contributed by atoms with Gasteiger partial charge in [0.2, 0.25) is 5.16 Å². The van der Waals surface area contributed by atoms with Crippen LogP contribution >= 0.6 is 11.8 Å². The van der Waals surface area contributed by atoms with E-state index in [0.717, 1.165) is 16.9 Å². The van der Waals surface area contributed by atoms with Crippen molar-refractivity contribution in [3.63, 3.8) is 0 Å². The normalized spacial score (nSPS) is 10.9. The van der Waals surface area contributed by atoms with E-state index in [0.29, 0.717) is 10.9 Å². The average Bonchev–Trinajstić information content (AvgIpc) is 3.10. The summed E-state index contributed by atoms with van der Waals surface area (Å²) in [6.07, 6.45) is 0. The SMILES string of the molecule is COC(=O)Cn1nnnc1SCc1nc2ccccc2[nH]1. The highest BCUT2D eigenvalue weighted by molar-refractivity contribution is 7.98. The minimum Gasteiger partial charge on any atom is -0.468 e. The fraction of sp³-hybridized carbons (Fsp3) is 0.250. The van der Waals surface area contributed by atoms with Crippen molar-refractivity contribution in [2.45, 2.75) is 17.5 Å². The third-order valence-corrected chi connectivity index (χ3v) is 3.75. The molecule has 1 aromatic carbocycles. The molecule has 0 radical (unpaired) electrons. The summed E-state index contributed by atoms with van der Waals surface area (Å²) in [7, 11) is 1.33. The quantitative estimate of drug-likeness (QED) is 0.555. The summed E-state index contributed by atoms with van der Waals surface area (Å²) >= 11 is 1.40. The van der Waals surface area contributed by atoms with Gasteiger partial charge in [-0.05, 0) is 22.6 Å². The number of methoxy groups -OCH3 is 1. The predicted molar refractivity (Wildman–Crippen MR) is 75.5 cm³/mol. The Morgan fingerprint density at radius 1 is 1.43 bits per heavy atom. The van der Waals surface area contributed by atoms with E-state index < -0.39 is 5.97 Å². The van der Waals surface area contributed by atoms with E-state index in [1.54, 1.807) is 0 Å². The molecule has 0 unspecified atom stereocenters. The highest BCUT2D eigenvalue weighted by atomic mass is 32.2. The summed E-state index contributed by atoms with van der Waals surface area (Å²) in [4.78, 5) is 19.0. The fourth-order valence-corrected chi connectivity index (χ4v) is 2.54. The lowest BCUT2D eigenvalue weighted by Gasteiger charge is -2.01. The van der Waals surface area contributed by atoms with Crippen LogP contribution in [0.4, 0.5) is 0 Å². The number of rotatable bonds is 5. The molecule has 0 aliphatic heterocycles. The lowest BCUT2D eigenvalue weighted by molar-refractivity contribution is -0.141. The van der Waals surface area contributed by atoms with E-state index in [-0.39, 0.29) is 6.54 Å². The summed E-state index contributed by atoms with van der Waals surface area (Å²) in [6, 6.07) is 7.81. The van der Waals surface area contributed by atoms with Crippen LogP contribution in [0.5, 0.6) is 0 Å². The lowest BCUT2D eigenvalue weighted by Crippen LogP contribution is -2.13. The number of tetrazole rings is 1. The van der Waals surface area contributed by atoms with Crippen molar-refractivity contribution in [1.29, 1.82) is 0 Å². The van der Waals surface area contributed by atoms with Gasteiger partial charge in [0, 0.05) is 0 Å². The Morgan fingerprint density at radius 2 is 2.29 bits per heavy atom. The molecule has 3 aromatic rings. The van der Waals surface area contributed by atoms with E-state index in [9.17, 15) is 4.79 Å². The Bertz CT molecular complexity index is 735. The van der Waals surface area contributed by atoms with Gasteiger partial charge in [-0.15, -0.1) is 5.10 Å². The first-order valence-electron chi connectivity index (χ1n) is 6.15. The number of aromatic amines is 1. The third kappa shape index (κ3) is 3.02. The van der Waals surface area contributed by atoms with Crippen molar-refractivity contribution >= 4 is 28.8 Å². The number of ether oxygens (including phenoxy) is 1. The fourth-order valence-electron chi connectivity index (χ4n) is 1.79. The molecule has 8 nitrogen and oxygen atoms in total. The van der Waals surface area contributed by atoms with Gasteiger partial charge in [0.1, 0.15) is 12.4 Å². The molecule has 108 valence electrons. The topological polar surface area (TPSA) is 98.6 Å². The Kier molecular flexibility index (Phi) is 3.82. The zero-order valence-electron chi connectivity index (χ0n) is 11.2. The molecule has 0 spiro atoms. The molecule has 9 heteroatoms. The molecule has 0 aliphatic rings. The number of para-hydroxylation sites is 2. The maximum Gasteiger partial charge on any atom is 0.327 e. The van der Waals surface area contributed by atoms with Crippen LogP contribution < -0.4 is 0 Å². The Hall–Kier alpha value is -2.42. The predicted octanol–water partition coefficient (Wildman–Crippen LogP) is 1.01. The largest absolute Gasteiger partial charge is 0.468 e. The first-order chi connectivity index (χ1) is 10.3. The van der Waals surface area contributed by atoms with Gasteiger partial charge < -0.3 is 9.72 Å². The number of benzene rings is 1. The Labute approximate surface area is 123 Å². The number of aromatic nitrogens is 6. The van der Waals surface area contributed by atoms with E-state index in [2.05, 4.69) is 30.2 Å². The van der Waals surface area contributed by atoms with E-state index in [1.165, 1.54) is 23.6 Å². The number of thioether (sulfide) groups is 1. The van der Waals surface area contributed by atoms with Crippen molar-refractivity contribution in [1.82, 2.24) is 30.2 Å². The molecular formula is C12H12N6O2S. The van der Waals surface area contributed by atoms with E-state index in [4.69, 9.17) is 0 Å². The van der Waals surface area contributed by atoms with Crippen LogP contribution in [-0.2, 0) is 21.8 Å². The zero-order valence-corrected chi connectivity index (χ0v) is 12.0. The highest BCUT2D eigenvalue weighted by Gasteiger charge is 2.12. The number of esters is 1. The standard InChI is InChI=1S/C12H12N6O2S/c1-20-11(19)6-18-12(15-16-17-18)21-7-10-13-8-4-2-3-5-9(8)14-10/h2-5H,6-7H2,1H3,(H,13,14).